The maximum absolute atomic E-state index is 9.41. The van der Waals surface area contributed by atoms with Crippen molar-refractivity contribution >= 4 is 0 Å². The first-order valence-electron chi connectivity index (χ1n) is 7.64. The SMILES string of the molecule is CCC(C#N)(CC)C(C)N=NC(C)C(C#N)(CC)CC. The molecule has 112 valence electrons. The molecule has 0 bridgehead atoms. The fourth-order valence-corrected chi connectivity index (χ4v) is 2.61. The molecular weight excluding hydrogens is 248 g/mol. The molecule has 0 aliphatic heterocycles. The zero-order valence-electron chi connectivity index (χ0n) is 13.8. The number of azo groups is 1. The molecule has 4 heteroatoms. The van der Waals surface area contributed by atoms with Gasteiger partial charge < -0.3 is 0 Å². The molecule has 0 heterocycles. The average molecular weight is 276 g/mol. The van der Waals surface area contributed by atoms with Gasteiger partial charge in [-0.15, -0.1) is 0 Å². The molecule has 0 rings (SSSR count). The van der Waals surface area contributed by atoms with Gasteiger partial charge in [-0.2, -0.15) is 20.8 Å². The smallest absolute Gasteiger partial charge is 0.0866 e. The van der Waals surface area contributed by atoms with E-state index in [9.17, 15) is 10.5 Å². The number of rotatable bonds is 8. The minimum atomic E-state index is -0.447. The van der Waals surface area contributed by atoms with Crippen molar-refractivity contribution in [3.63, 3.8) is 0 Å². The molecule has 0 amide bonds. The Labute approximate surface area is 123 Å². The normalized spacial score (nSPS) is 15.6. The quantitative estimate of drug-likeness (QED) is 0.593. The van der Waals surface area contributed by atoms with Crippen LogP contribution in [0.5, 0.6) is 0 Å². The molecule has 0 aromatic heterocycles. The highest BCUT2D eigenvalue weighted by Gasteiger charge is 2.35. The standard InChI is InChI=1S/C16H28N4/c1-7-15(8-2,11-17)13(5)19-20-14(6)16(9-3,10-4)12-18/h13-14H,7-10H2,1-6H3. The monoisotopic (exact) mass is 276 g/mol. The average Bonchev–Trinajstić information content (AvgIpc) is 2.49. The van der Waals surface area contributed by atoms with E-state index in [1.54, 1.807) is 0 Å². The topological polar surface area (TPSA) is 72.3 Å². The van der Waals surface area contributed by atoms with Crippen LogP contribution in [-0.4, -0.2) is 12.1 Å². The second-order valence-electron chi connectivity index (χ2n) is 5.53. The van der Waals surface area contributed by atoms with E-state index < -0.39 is 10.8 Å². The van der Waals surface area contributed by atoms with Crippen molar-refractivity contribution in [3.8, 4) is 12.1 Å². The summed E-state index contributed by atoms with van der Waals surface area (Å²) in [6.07, 6.45) is 3.05. The maximum Gasteiger partial charge on any atom is 0.0866 e. The Morgan fingerprint density at radius 3 is 1.15 bits per heavy atom. The largest absolute Gasteiger partial charge is 0.198 e. The van der Waals surface area contributed by atoms with Crippen molar-refractivity contribution in [1.82, 2.24) is 0 Å². The first-order valence-corrected chi connectivity index (χ1v) is 7.64. The van der Waals surface area contributed by atoms with Crippen molar-refractivity contribution in [3.05, 3.63) is 0 Å². The lowest BCUT2D eigenvalue weighted by molar-refractivity contribution is 0.269. The van der Waals surface area contributed by atoms with Crippen LogP contribution < -0.4 is 0 Å². The lowest BCUT2D eigenvalue weighted by atomic mass is 9.77. The Balaban J connectivity index is 5.14. The van der Waals surface area contributed by atoms with E-state index in [-0.39, 0.29) is 12.1 Å². The molecule has 0 aromatic rings. The van der Waals surface area contributed by atoms with Crippen LogP contribution in [0.4, 0.5) is 0 Å². The van der Waals surface area contributed by atoms with E-state index in [1.165, 1.54) is 0 Å². The Hall–Kier alpha value is -1.42. The summed E-state index contributed by atoms with van der Waals surface area (Å²) in [5.74, 6) is 0. The Morgan fingerprint density at radius 2 is 1.00 bits per heavy atom. The molecule has 0 spiro atoms. The molecule has 0 aliphatic carbocycles. The fourth-order valence-electron chi connectivity index (χ4n) is 2.61. The van der Waals surface area contributed by atoms with Gasteiger partial charge in [-0.3, -0.25) is 0 Å². The highest BCUT2D eigenvalue weighted by atomic mass is 15.1. The second-order valence-corrected chi connectivity index (χ2v) is 5.53. The summed E-state index contributed by atoms with van der Waals surface area (Å²) in [7, 11) is 0. The fraction of sp³-hybridized carbons (Fsp3) is 0.875. The summed E-state index contributed by atoms with van der Waals surface area (Å²) in [5, 5.41) is 27.6. The Bertz CT molecular complexity index is 354. The maximum atomic E-state index is 9.41. The van der Waals surface area contributed by atoms with Crippen molar-refractivity contribution < 1.29 is 0 Å². The van der Waals surface area contributed by atoms with E-state index in [0.29, 0.717) is 0 Å². The molecule has 0 aliphatic rings. The minimum absolute atomic E-state index is 0.143. The van der Waals surface area contributed by atoms with Gasteiger partial charge in [0, 0.05) is 0 Å². The Kier molecular flexibility index (Phi) is 7.43. The van der Waals surface area contributed by atoms with Crippen molar-refractivity contribution in [2.24, 2.45) is 21.1 Å². The number of nitrogens with zero attached hydrogens (tertiary/aromatic N) is 4. The van der Waals surface area contributed by atoms with Gasteiger partial charge in [0.2, 0.25) is 0 Å². The van der Waals surface area contributed by atoms with Gasteiger partial charge in [-0.05, 0) is 39.5 Å². The molecule has 0 saturated heterocycles. The highest BCUT2D eigenvalue weighted by molar-refractivity contribution is 5.05. The lowest BCUT2D eigenvalue weighted by Crippen LogP contribution is -2.31. The van der Waals surface area contributed by atoms with Gasteiger partial charge in [-0.1, -0.05) is 27.7 Å². The summed E-state index contributed by atoms with van der Waals surface area (Å²) in [4.78, 5) is 0. The van der Waals surface area contributed by atoms with Crippen molar-refractivity contribution in [2.45, 2.75) is 79.3 Å². The van der Waals surface area contributed by atoms with Crippen LogP contribution in [-0.2, 0) is 0 Å². The number of nitriles is 2. The third-order valence-corrected chi connectivity index (χ3v) is 4.98. The van der Waals surface area contributed by atoms with Gasteiger partial charge >= 0.3 is 0 Å². The van der Waals surface area contributed by atoms with E-state index in [4.69, 9.17) is 0 Å². The molecule has 0 radical (unpaired) electrons. The molecule has 0 N–H and O–H groups in total. The van der Waals surface area contributed by atoms with Gasteiger partial charge in [0.1, 0.15) is 0 Å². The third kappa shape index (κ3) is 3.57. The van der Waals surface area contributed by atoms with Gasteiger partial charge in [-0.25, -0.2) is 0 Å². The molecule has 2 atom stereocenters. The highest BCUT2D eigenvalue weighted by Crippen LogP contribution is 2.35. The Morgan fingerprint density at radius 1 is 0.750 bits per heavy atom. The summed E-state index contributed by atoms with van der Waals surface area (Å²) in [6, 6.07) is 4.51. The second kappa shape index (κ2) is 8.00. The van der Waals surface area contributed by atoms with E-state index >= 15 is 0 Å². The van der Waals surface area contributed by atoms with Crippen molar-refractivity contribution in [1.29, 1.82) is 10.5 Å². The molecule has 2 unspecified atom stereocenters. The molecule has 0 saturated carbocycles. The summed E-state index contributed by atoms with van der Waals surface area (Å²) in [5.41, 5.74) is -0.895. The third-order valence-electron chi connectivity index (χ3n) is 4.98. The summed E-state index contributed by atoms with van der Waals surface area (Å²) >= 11 is 0. The van der Waals surface area contributed by atoms with Crippen LogP contribution in [0.15, 0.2) is 10.2 Å². The van der Waals surface area contributed by atoms with Crippen LogP contribution in [0.3, 0.4) is 0 Å². The molecule has 4 nitrogen and oxygen atoms in total. The van der Waals surface area contributed by atoms with Gasteiger partial charge in [0.05, 0.1) is 35.1 Å². The molecular formula is C16H28N4. The van der Waals surface area contributed by atoms with E-state index in [1.807, 2.05) is 41.5 Å². The zero-order chi connectivity index (χ0) is 15.8. The van der Waals surface area contributed by atoms with Crippen molar-refractivity contribution in [2.75, 3.05) is 0 Å². The zero-order valence-corrected chi connectivity index (χ0v) is 13.8. The van der Waals surface area contributed by atoms with Crippen LogP contribution in [0.2, 0.25) is 0 Å². The van der Waals surface area contributed by atoms with Gasteiger partial charge in [0.25, 0.3) is 0 Å². The lowest BCUT2D eigenvalue weighted by Gasteiger charge is -2.29. The number of hydrogen-bond acceptors (Lipinski definition) is 4. The summed E-state index contributed by atoms with van der Waals surface area (Å²) in [6.45, 7) is 11.9. The first-order chi connectivity index (χ1) is 9.41. The predicted molar refractivity (Wildman–Crippen MR) is 81.0 cm³/mol. The summed E-state index contributed by atoms with van der Waals surface area (Å²) < 4.78 is 0. The van der Waals surface area contributed by atoms with Crippen LogP contribution in [0.1, 0.15) is 67.2 Å². The predicted octanol–water partition coefficient (Wildman–Crippen LogP) is 4.88. The van der Waals surface area contributed by atoms with Crippen LogP contribution >= 0.6 is 0 Å². The molecule has 0 fully saturated rings. The number of hydrogen-bond donors (Lipinski definition) is 0. The van der Waals surface area contributed by atoms with Crippen LogP contribution in [0.25, 0.3) is 0 Å². The van der Waals surface area contributed by atoms with Crippen LogP contribution in [0, 0.1) is 33.5 Å². The van der Waals surface area contributed by atoms with E-state index in [2.05, 4.69) is 22.4 Å². The molecule has 0 aromatic carbocycles. The minimum Gasteiger partial charge on any atom is -0.198 e. The van der Waals surface area contributed by atoms with Gasteiger partial charge in [0.15, 0.2) is 0 Å². The van der Waals surface area contributed by atoms with E-state index in [0.717, 1.165) is 25.7 Å². The molecule has 20 heavy (non-hydrogen) atoms. The first kappa shape index (κ1) is 18.6.